The quantitative estimate of drug-likeness (QED) is 0.0154. The van der Waals surface area contributed by atoms with Crippen molar-refractivity contribution in [1.82, 2.24) is 0 Å². The molecule has 55 heavy (non-hydrogen) atoms. The zero-order valence-corrected chi connectivity index (χ0v) is 35.1. The van der Waals surface area contributed by atoms with Crippen LogP contribution in [0, 0.1) is 0 Å². The van der Waals surface area contributed by atoms with Crippen molar-refractivity contribution in [2.75, 3.05) is 19.8 Å². The maximum atomic E-state index is 12.8. The Bertz CT molecular complexity index is 1010. The van der Waals surface area contributed by atoms with E-state index >= 15 is 0 Å². The van der Waals surface area contributed by atoms with Crippen molar-refractivity contribution in [2.24, 2.45) is 0 Å². The van der Waals surface area contributed by atoms with Crippen molar-refractivity contribution >= 4 is 13.8 Å². The van der Waals surface area contributed by atoms with E-state index in [-0.39, 0.29) is 13.0 Å². The second kappa shape index (κ2) is 33.8. The second-order valence-electron chi connectivity index (χ2n) is 15.2. The first-order chi connectivity index (χ1) is 26.5. The normalized spacial score (nSPS) is 23.4. The number of esters is 1. The number of aliphatic hydroxyl groups is 5. The van der Waals surface area contributed by atoms with Crippen LogP contribution in [0.4, 0.5) is 0 Å². The highest BCUT2D eigenvalue weighted by Crippen LogP contribution is 2.47. The van der Waals surface area contributed by atoms with Crippen LogP contribution in [0.3, 0.4) is 0 Å². The van der Waals surface area contributed by atoms with Crippen molar-refractivity contribution in [1.29, 1.82) is 0 Å². The van der Waals surface area contributed by atoms with Gasteiger partial charge >= 0.3 is 13.8 Å². The van der Waals surface area contributed by atoms with Gasteiger partial charge in [0.05, 0.1) is 13.2 Å². The van der Waals surface area contributed by atoms with Gasteiger partial charge in [0.1, 0.15) is 42.7 Å². The van der Waals surface area contributed by atoms with Gasteiger partial charge in [-0.2, -0.15) is 0 Å². The van der Waals surface area contributed by atoms with E-state index in [4.69, 9.17) is 18.5 Å². The number of carbonyl (C=O) groups excluding carboxylic acids is 1. The molecule has 6 atom stereocenters. The molecule has 0 radical (unpaired) electrons. The predicted molar refractivity (Wildman–Crippen MR) is 216 cm³/mol. The standard InChI is InChI=1S/C42H79O12P/c1-3-5-7-9-11-13-14-15-16-17-18-19-20-21-22-23-25-27-29-31-36(43)53-35(33-51-32-30-28-26-24-12-10-8-6-4-2)34-52-55(49,50)54-42-40(47)38(45)37(44)39(46)41(42)48/h11,13,15-16,35,37-42,44-48H,3-10,12,14,17-34H2,1-2H3,(H,49,50)/b13-11-,16-15-. The third kappa shape index (κ3) is 26.4. The van der Waals surface area contributed by atoms with Gasteiger partial charge in [-0.05, 0) is 44.9 Å². The van der Waals surface area contributed by atoms with E-state index in [1.54, 1.807) is 0 Å². The highest BCUT2D eigenvalue weighted by molar-refractivity contribution is 7.47. The SMILES string of the molecule is CCCCC/C=C\C/C=C\CCCCCCCCCCCC(=O)OC(COCCCCCCCCCCC)COP(=O)(O)OC1C(O)C(O)C(O)C(O)C1O. The molecule has 13 heteroatoms. The molecule has 0 spiro atoms. The molecule has 1 fully saturated rings. The minimum atomic E-state index is -5.01. The lowest BCUT2D eigenvalue weighted by Gasteiger charge is -2.41. The summed E-state index contributed by atoms with van der Waals surface area (Å²) in [7, 11) is -5.01. The summed E-state index contributed by atoms with van der Waals surface area (Å²) in [6.07, 6.45) is 24.0. The van der Waals surface area contributed by atoms with Gasteiger partial charge in [-0.3, -0.25) is 13.8 Å². The molecule has 1 aliphatic rings. The first-order valence-electron chi connectivity index (χ1n) is 21.7. The number of aliphatic hydroxyl groups excluding tert-OH is 5. The molecular weight excluding hydrogens is 727 g/mol. The van der Waals surface area contributed by atoms with E-state index in [2.05, 4.69) is 38.2 Å². The second-order valence-corrected chi connectivity index (χ2v) is 16.6. The van der Waals surface area contributed by atoms with Crippen molar-refractivity contribution in [3.63, 3.8) is 0 Å². The minimum Gasteiger partial charge on any atom is -0.457 e. The third-order valence-corrected chi connectivity index (χ3v) is 11.1. The fourth-order valence-electron chi connectivity index (χ4n) is 6.56. The fourth-order valence-corrected chi connectivity index (χ4v) is 7.53. The molecule has 0 aromatic rings. The van der Waals surface area contributed by atoms with Crippen LogP contribution < -0.4 is 0 Å². The Morgan fingerprint density at radius 2 is 1.02 bits per heavy atom. The number of unbranched alkanes of at least 4 members (excludes halogenated alkanes) is 20. The van der Waals surface area contributed by atoms with E-state index in [0.29, 0.717) is 13.0 Å². The molecule has 0 heterocycles. The molecule has 1 saturated carbocycles. The Kier molecular flexibility index (Phi) is 31.8. The fraction of sp³-hybridized carbons (Fsp3) is 0.881. The molecule has 6 unspecified atom stereocenters. The number of rotatable bonds is 36. The molecule has 6 N–H and O–H groups in total. The molecule has 1 aliphatic carbocycles. The number of phosphoric acid groups is 1. The number of hydrogen-bond acceptors (Lipinski definition) is 11. The van der Waals surface area contributed by atoms with E-state index in [0.717, 1.165) is 51.4 Å². The van der Waals surface area contributed by atoms with E-state index in [1.165, 1.54) is 96.3 Å². The maximum absolute atomic E-state index is 12.8. The molecule has 12 nitrogen and oxygen atoms in total. The van der Waals surface area contributed by atoms with Crippen LogP contribution in [0.15, 0.2) is 24.3 Å². The van der Waals surface area contributed by atoms with Crippen LogP contribution in [0.25, 0.3) is 0 Å². The van der Waals surface area contributed by atoms with Crippen molar-refractivity contribution < 1.29 is 58.3 Å². The molecule has 0 aromatic heterocycles. The van der Waals surface area contributed by atoms with Gasteiger partial charge in [-0.15, -0.1) is 0 Å². The zero-order chi connectivity index (χ0) is 40.6. The summed E-state index contributed by atoms with van der Waals surface area (Å²) < 4.78 is 34.0. The summed E-state index contributed by atoms with van der Waals surface area (Å²) in [5.74, 6) is -0.482. The number of ether oxygens (including phenoxy) is 2. The summed E-state index contributed by atoms with van der Waals surface area (Å²) >= 11 is 0. The lowest BCUT2D eigenvalue weighted by atomic mass is 9.85. The first-order valence-corrected chi connectivity index (χ1v) is 23.2. The van der Waals surface area contributed by atoms with Gasteiger partial charge in [-0.25, -0.2) is 4.57 Å². The summed E-state index contributed by atoms with van der Waals surface area (Å²) in [6.45, 7) is 4.20. The summed E-state index contributed by atoms with van der Waals surface area (Å²) in [4.78, 5) is 23.1. The van der Waals surface area contributed by atoms with E-state index in [9.17, 15) is 39.8 Å². The van der Waals surface area contributed by atoms with Crippen LogP contribution >= 0.6 is 7.82 Å². The van der Waals surface area contributed by atoms with Gasteiger partial charge in [-0.1, -0.05) is 147 Å². The minimum absolute atomic E-state index is 0.0755. The Morgan fingerprint density at radius 3 is 1.56 bits per heavy atom. The molecule has 0 aromatic carbocycles. The largest absolute Gasteiger partial charge is 0.472 e. The molecule has 0 saturated heterocycles. The topological polar surface area (TPSA) is 192 Å². The molecule has 1 rings (SSSR count). The summed E-state index contributed by atoms with van der Waals surface area (Å²) in [5.41, 5.74) is 0. The number of hydrogen-bond donors (Lipinski definition) is 6. The van der Waals surface area contributed by atoms with Gasteiger partial charge in [0, 0.05) is 13.0 Å². The van der Waals surface area contributed by atoms with Crippen molar-refractivity contribution in [3.8, 4) is 0 Å². The Balaban J connectivity index is 2.37. The van der Waals surface area contributed by atoms with Crippen LogP contribution in [0.2, 0.25) is 0 Å². The average Bonchev–Trinajstić information content (AvgIpc) is 3.17. The van der Waals surface area contributed by atoms with Crippen LogP contribution in [-0.2, 0) is 27.9 Å². The lowest BCUT2D eigenvalue weighted by Crippen LogP contribution is -2.64. The monoisotopic (exact) mass is 807 g/mol. The smallest absolute Gasteiger partial charge is 0.457 e. The van der Waals surface area contributed by atoms with Crippen LogP contribution in [-0.4, -0.2) is 98.9 Å². The molecule has 324 valence electrons. The van der Waals surface area contributed by atoms with Crippen LogP contribution in [0.1, 0.15) is 174 Å². The zero-order valence-electron chi connectivity index (χ0n) is 34.2. The number of phosphoric ester groups is 1. The molecule has 0 bridgehead atoms. The first kappa shape index (κ1) is 51.8. The number of carbonyl (C=O) groups is 1. The van der Waals surface area contributed by atoms with Gasteiger partial charge in [0.2, 0.25) is 0 Å². The Labute approximate surface area is 332 Å². The lowest BCUT2D eigenvalue weighted by molar-refractivity contribution is -0.220. The summed E-state index contributed by atoms with van der Waals surface area (Å²) in [6, 6.07) is 0. The molecule has 0 amide bonds. The van der Waals surface area contributed by atoms with Crippen molar-refractivity contribution in [3.05, 3.63) is 24.3 Å². The highest BCUT2D eigenvalue weighted by atomic mass is 31.2. The average molecular weight is 807 g/mol. The van der Waals surface area contributed by atoms with Crippen molar-refractivity contribution in [2.45, 2.75) is 217 Å². The third-order valence-electron chi connectivity index (χ3n) is 10.1. The maximum Gasteiger partial charge on any atom is 0.472 e. The van der Waals surface area contributed by atoms with Crippen LogP contribution in [0.5, 0.6) is 0 Å². The molecule has 0 aliphatic heterocycles. The highest BCUT2D eigenvalue weighted by Gasteiger charge is 2.51. The Morgan fingerprint density at radius 1 is 0.582 bits per heavy atom. The summed E-state index contributed by atoms with van der Waals surface area (Å²) in [5, 5.41) is 50.0. The Hall–Kier alpha value is -1.18. The van der Waals surface area contributed by atoms with Gasteiger partial charge in [0.15, 0.2) is 0 Å². The molecular formula is C42H79O12P. The van der Waals surface area contributed by atoms with E-state index < -0.39 is 63.1 Å². The van der Waals surface area contributed by atoms with Gasteiger partial charge in [0.25, 0.3) is 0 Å². The predicted octanol–water partition coefficient (Wildman–Crippen LogP) is 8.14. The number of allylic oxidation sites excluding steroid dienone is 4. The van der Waals surface area contributed by atoms with E-state index in [1.807, 2.05) is 0 Å². The van der Waals surface area contributed by atoms with Gasteiger partial charge < -0.3 is 39.9 Å².